The van der Waals surface area contributed by atoms with Crippen molar-refractivity contribution in [2.75, 3.05) is 0 Å². The van der Waals surface area contributed by atoms with Crippen molar-refractivity contribution < 1.29 is 14.1 Å². The van der Waals surface area contributed by atoms with E-state index in [4.69, 9.17) is 4.74 Å². The van der Waals surface area contributed by atoms with Crippen LogP contribution < -0.4 is 0 Å². The maximum atomic E-state index is 14.1. The van der Waals surface area contributed by atoms with Gasteiger partial charge in [-0.1, -0.05) is 30.3 Å². The third-order valence-electron chi connectivity index (χ3n) is 3.92. The summed E-state index contributed by atoms with van der Waals surface area (Å²) in [6.07, 6.45) is -0.992. The fourth-order valence-electron chi connectivity index (χ4n) is 2.78. The third kappa shape index (κ3) is 3.14. The lowest BCUT2D eigenvalue weighted by molar-refractivity contribution is -0.384. The maximum Gasteiger partial charge on any atom is 0.269 e. The number of benzene rings is 2. The van der Waals surface area contributed by atoms with Gasteiger partial charge < -0.3 is 4.74 Å². The van der Waals surface area contributed by atoms with Gasteiger partial charge in [-0.2, -0.15) is 0 Å². The van der Waals surface area contributed by atoms with Gasteiger partial charge in [0.25, 0.3) is 5.69 Å². The highest BCUT2D eigenvalue weighted by Crippen LogP contribution is 2.40. The second-order valence-electron chi connectivity index (χ2n) is 5.44. The van der Waals surface area contributed by atoms with E-state index >= 15 is 0 Å². The lowest BCUT2D eigenvalue weighted by Crippen LogP contribution is -2.24. The molecule has 0 N–H and O–H groups in total. The van der Waals surface area contributed by atoms with Gasteiger partial charge in [0.15, 0.2) is 0 Å². The number of non-ortho nitro benzene ring substituents is 1. The van der Waals surface area contributed by atoms with Crippen molar-refractivity contribution in [1.29, 1.82) is 0 Å². The second-order valence-corrected chi connectivity index (χ2v) is 5.44. The number of alkyl halides is 1. The Hall–Kier alpha value is -2.27. The molecule has 2 aromatic carbocycles. The Morgan fingerprint density at radius 1 is 0.955 bits per heavy atom. The van der Waals surface area contributed by atoms with Crippen LogP contribution in [0.25, 0.3) is 0 Å². The molecule has 0 spiro atoms. The number of ether oxygens (including phenoxy) is 1. The molecule has 114 valence electrons. The van der Waals surface area contributed by atoms with Crippen molar-refractivity contribution in [3.8, 4) is 0 Å². The standard InChI is InChI=1S/C17H16FNO3/c18-14-10-16(12-4-2-1-3-5-12)22-17(11-14)13-6-8-15(9-7-13)19(20)21/h1-9,14,16-17H,10-11H2/t14-,16-,17+/m1/s1. The van der Waals surface area contributed by atoms with E-state index in [9.17, 15) is 14.5 Å². The van der Waals surface area contributed by atoms with E-state index in [2.05, 4.69) is 0 Å². The number of nitro groups is 1. The minimum Gasteiger partial charge on any atom is -0.365 e. The quantitative estimate of drug-likeness (QED) is 0.618. The molecule has 0 amide bonds. The van der Waals surface area contributed by atoms with Crippen LogP contribution in [0.1, 0.15) is 36.2 Å². The van der Waals surface area contributed by atoms with Crippen LogP contribution >= 0.6 is 0 Å². The number of halogens is 1. The molecule has 3 atom stereocenters. The molecule has 1 fully saturated rings. The van der Waals surface area contributed by atoms with Crippen LogP contribution in [0.3, 0.4) is 0 Å². The molecule has 1 heterocycles. The first kappa shape index (κ1) is 14.7. The zero-order valence-corrected chi connectivity index (χ0v) is 11.9. The van der Waals surface area contributed by atoms with E-state index in [1.165, 1.54) is 12.1 Å². The summed E-state index contributed by atoms with van der Waals surface area (Å²) in [6, 6.07) is 15.7. The molecule has 1 saturated heterocycles. The Kier molecular flexibility index (Phi) is 4.15. The van der Waals surface area contributed by atoms with Gasteiger partial charge in [0.2, 0.25) is 0 Å². The molecule has 22 heavy (non-hydrogen) atoms. The van der Waals surface area contributed by atoms with E-state index < -0.39 is 11.1 Å². The van der Waals surface area contributed by atoms with Crippen LogP contribution in [0.15, 0.2) is 54.6 Å². The van der Waals surface area contributed by atoms with Gasteiger partial charge in [-0.15, -0.1) is 0 Å². The van der Waals surface area contributed by atoms with Crippen molar-refractivity contribution >= 4 is 5.69 Å². The first-order chi connectivity index (χ1) is 10.6. The molecule has 1 aliphatic heterocycles. The number of hydrogen-bond donors (Lipinski definition) is 0. The Balaban J connectivity index is 1.80. The number of nitro benzene ring substituents is 1. The van der Waals surface area contributed by atoms with Crippen LogP contribution in [-0.2, 0) is 4.74 Å². The van der Waals surface area contributed by atoms with Gasteiger partial charge in [0.1, 0.15) is 6.17 Å². The summed E-state index contributed by atoms with van der Waals surface area (Å²) in [5, 5.41) is 10.7. The summed E-state index contributed by atoms with van der Waals surface area (Å²) in [5.41, 5.74) is 1.75. The highest BCUT2D eigenvalue weighted by molar-refractivity contribution is 5.34. The lowest BCUT2D eigenvalue weighted by Gasteiger charge is -2.32. The van der Waals surface area contributed by atoms with Gasteiger partial charge in [0.05, 0.1) is 17.1 Å². The van der Waals surface area contributed by atoms with E-state index in [0.29, 0.717) is 6.42 Å². The third-order valence-corrected chi connectivity index (χ3v) is 3.92. The second kappa shape index (κ2) is 6.23. The van der Waals surface area contributed by atoms with Crippen LogP contribution in [-0.4, -0.2) is 11.1 Å². The van der Waals surface area contributed by atoms with E-state index in [0.717, 1.165) is 11.1 Å². The molecule has 2 aromatic rings. The Labute approximate surface area is 127 Å². The van der Waals surface area contributed by atoms with E-state index in [1.807, 2.05) is 30.3 Å². The molecule has 3 rings (SSSR count). The lowest BCUT2D eigenvalue weighted by atomic mass is 9.93. The fourth-order valence-corrected chi connectivity index (χ4v) is 2.78. The molecule has 4 nitrogen and oxygen atoms in total. The summed E-state index contributed by atoms with van der Waals surface area (Å²) in [4.78, 5) is 10.2. The molecule has 0 unspecified atom stereocenters. The van der Waals surface area contributed by atoms with Crippen LogP contribution in [0, 0.1) is 10.1 Å². The molecule has 1 aliphatic rings. The van der Waals surface area contributed by atoms with E-state index in [-0.39, 0.29) is 24.3 Å². The number of nitrogens with zero attached hydrogens (tertiary/aromatic N) is 1. The molecule has 0 aromatic heterocycles. The summed E-state index contributed by atoms with van der Waals surface area (Å²) in [6.45, 7) is 0. The van der Waals surface area contributed by atoms with Crippen molar-refractivity contribution in [2.24, 2.45) is 0 Å². The van der Waals surface area contributed by atoms with Crippen LogP contribution in [0.5, 0.6) is 0 Å². The molecule has 0 aliphatic carbocycles. The molecular weight excluding hydrogens is 285 g/mol. The minimum atomic E-state index is -0.945. The summed E-state index contributed by atoms with van der Waals surface area (Å²) in [5.74, 6) is 0. The van der Waals surface area contributed by atoms with Gasteiger partial charge in [-0.05, 0) is 23.3 Å². The maximum absolute atomic E-state index is 14.1. The first-order valence-corrected chi connectivity index (χ1v) is 7.22. The predicted octanol–water partition coefficient (Wildman–Crippen LogP) is 4.53. The summed E-state index contributed by atoms with van der Waals surface area (Å²) >= 11 is 0. The van der Waals surface area contributed by atoms with Crippen LogP contribution in [0.2, 0.25) is 0 Å². The van der Waals surface area contributed by atoms with Crippen molar-refractivity contribution in [2.45, 2.75) is 31.2 Å². The largest absolute Gasteiger partial charge is 0.365 e. The molecule has 5 heteroatoms. The van der Waals surface area contributed by atoms with Gasteiger partial charge in [-0.25, -0.2) is 4.39 Å². The van der Waals surface area contributed by atoms with Crippen molar-refractivity contribution in [3.05, 3.63) is 75.8 Å². The highest BCUT2D eigenvalue weighted by Gasteiger charge is 2.31. The zero-order chi connectivity index (χ0) is 15.5. The SMILES string of the molecule is O=[N+]([O-])c1ccc([C@@H]2C[C@H](F)C[C@H](c3ccccc3)O2)cc1. The average molecular weight is 301 g/mol. The number of rotatable bonds is 3. The first-order valence-electron chi connectivity index (χ1n) is 7.22. The highest BCUT2D eigenvalue weighted by atomic mass is 19.1. The van der Waals surface area contributed by atoms with Gasteiger partial charge in [0, 0.05) is 25.0 Å². The van der Waals surface area contributed by atoms with Crippen molar-refractivity contribution in [3.63, 3.8) is 0 Å². The summed E-state index contributed by atoms with van der Waals surface area (Å²) < 4.78 is 20.1. The molecule has 0 radical (unpaired) electrons. The molecule has 0 bridgehead atoms. The average Bonchev–Trinajstić information content (AvgIpc) is 2.55. The molecular formula is C17H16FNO3. The minimum absolute atomic E-state index is 0.0240. The van der Waals surface area contributed by atoms with E-state index in [1.54, 1.807) is 12.1 Å². The normalized spacial score (nSPS) is 24.9. The van der Waals surface area contributed by atoms with Gasteiger partial charge >= 0.3 is 0 Å². The fraction of sp³-hybridized carbons (Fsp3) is 0.294. The predicted molar refractivity (Wildman–Crippen MR) is 80.2 cm³/mol. The Morgan fingerprint density at radius 2 is 1.50 bits per heavy atom. The molecule has 0 saturated carbocycles. The zero-order valence-electron chi connectivity index (χ0n) is 11.9. The monoisotopic (exact) mass is 301 g/mol. The topological polar surface area (TPSA) is 52.4 Å². The van der Waals surface area contributed by atoms with Crippen molar-refractivity contribution in [1.82, 2.24) is 0 Å². The van der Waals surface area contributed by atoms with Crippen LogP contribution in [0.4, 0.5) is 10.1 Å². The smallest absolute Gasteiger partial charge is 0.269 e. The Morgan fingerprint density at radius 3 is 2.05 bits per heavy atom. The van der Waals surface area contributed by atoms with Gasteiger partial charge in [-0.3, -0.25) is 10.1 Å². The number of hydrogen-bond acceptors (Lipinski definition) is 3. The summed E-state index contributed by atoms with van der Waals surface area (Å²) in [7, 11) is 0. The Bertz CT molecular complexity index is 645.